The predicted octanol–water partition coefficient (Wildman–Crippen LogP) is 0.947. The monoisotopic (exact) mass is 237 g/mol. The zero-order valence-corrected chi connectivity index (χ0v) is 10.5. The summed E-state index contributed by atoms with van der Waals surface area (Å²) in [4.78, 5) is 15.3. The van der Waals surface area contributed by atoms with Gasteiger partial charge in [-0.2, -0.15) is 0 Å². The fraction of sp³-hybridized carbons (Fsp3) is 0.500. The molecule has 0 aromatic carbocycles. The van der Waals surface area contributed by atoms with Crippen LogP contribution < -0.4 is 15.8 Å². The number of aromatic nitrogens is 1. The van der Waals surface area contributed by atoms with Crippen LogP contribution in [0.3, 0.4) is 0 Å². The van der Waals surface area contributed by atoms with Crippen LogP contribution in [0.25, 0.3) is 0 Å². The quantitative estimate of drug-likeness (QED) is 0.799. The first-order valence-electron chi connectivity index (χ1n) is 5.58. The molecule has 0 saturated heterocycles. The van der Waals surface area contributed by atoms with Crippen molar-refractivity contribution < 1.29 is 9.53 Å². The molecule has 0 aliphatic carbocycles. The van der Waals surface area contributed by atoms with Gasteiger partial charge in [0.15, 0.2) is 0 Å². The van der Waals surface area contributed by atoms with Crippen molar-refractivity contribution in [1.82, 2.24) is 10.3 Å². The second-order valence-corrected chi connectivity index (χ2v) is 4.25. The third kappa shape index (κ3) is 4.03. The highest BCUT2D eigenvalue weighted by atomic mass is 16.5. The molecule has 17 heavy (non-hydrogen) atoms. The van der Waals surface area contributed by atoms with Gasteiger partial charge in [-0.1, -0.05) is 6.92 Å². The van der Waals surface area contributed by atoms with E-state index in [1.165, 1.54) is 0 Å². The van der Waals surface area contributed by atoms with Crippen molar-refractivity contribution >= 4 is 5.91 Å². The van der Waals surface area contributed by atoms with Crippen LogP contribution in [0.1, 0.15) is 30.8 Å². The standard InChI is InChI=1S/C12H19N3O2/c1-4-12(2,13)8-17-9-5-6-15-10(7-9)11(16)14-3/h5-7H,4,8,13H2,1-3H3,(H,14,16). The highest BCUT2D eigenvalue weighted by Gasteiger charge is 2.16. The number of nitrogens with zero attached hydrogens (tertiary/aromatic N) is 1. The molecule has 1 aromatic heterocycles. The van der Waals surface area contributed by atoms with Gasteiger partial charge < -0.3 is 15.8 Å². The number of amides is 1. The number of carbonyl (C=O) groups excluding carboxylic acids is 1. The van der Waals surface area contributed by atoms with Crippen molar-refractivity contribution in [2.75, 3.05) is 13.7 Å². The lowest BCUT2D eigenvalue weighted by Gasteiger charge is -2.22. The van der Waals surface area contributed by atoms with Crippen molar-refractivity contribution in [1.29, 1.82) is 0 Å². The van der Waals surface area contributed by atoms with Gasteiger partial charge in [-0.05, 0) is 19.4 Å². The number of pyridine rings is 1. The average Bonchev–Trinajstić information content (AvgIpc) is 2.36. The molecule has 0 spiro atoms. The Morgan fingerprint density at radius 3 is 2.94 bits per heavy atom. The minimum Gasteiger partial charge on any atom is -0.492 e. The Bertz CT molecular complexity index is 391. The molecule has 3 N–H and O–H groups in total. The van der Waals surface area contributed by atoms with Crippen LogP contribution >= 0.6 is 0 Å². The summed E-state index contributed by atoms with van der Waals surface area (Å²) in [7, 11) is 1.56. The Kier molecular flexibility index (Phi) is 4.45. The lowest BCUT2D eigenvalue weighted by Crippen LogP contribution is -2.41. The van der Waals surface area contributed by atoms with Gasteiger partial charge in [-0.3, -0.25) is 9.78 Å². The molecule has 1 aromatic rings. The third-order valence-electron chi connectivity index (χ3n) is 2.57. The lowest BCUT2D eigenvalue weighted by atomic mass is 10.0. The van der Waals surface area contributed by atoms with E-state index in [1.807, 2.05) is 13.8 Å². The minimum atomic E-state index is -0.365. The molecule has 1 unspecified atom stereocenters. The SMILES string of the molecule is CCC(C)(N)COc1ccnc(C(=O)NC)c1. The normalized spacial score (nSPS) is 13.9. The smallest absolute Gasteiger partial charge is 0.269 e. The minimum absolute atomic E-state index is 0.235. The fourth-order valence-electron chi connectivity index (χ4n) is 1.10. The highest BCUT2D eigenvalue weighted by molar-refractivity contribution is 5.92. The van der Waals surface area contributed by atoms with Gasteiger partial charge in [0.25, 0.3) is 5.91 Å². The number of nitrogens with one attached hydrogen (secondary N) is 1. The van der Waals surface area contributed by atoms with Crippen molar-refractivity contribution in [2.24, 2.45) is 5.73 Å². The molecule has 0 aliphatic rings. The van der Waals surface area contributed by atoms with Crippen LogP contribution in [0.2, 0.25) is 0 Å². The van der Waals surface area contributed by atoms with E-state index < -0.39 is 0 Å². The molecule has 1 atom stereocenters. The first-order chi connectivity index (χ1) is 7.98. The predicted molar refractivity (Wildman–Crippen MR) is 66.0 cm³/mol. The molecular weight excluding hydrogens is 218 g/mol. The third-order valence-corrected chi connectivity index (χ3v) is 2.57. The molecule has 1 rings (SSSR count). The van der Waals surface area contributed by atoms with E-state index in [0.29, 0.717) is 18.1 Å². The van der Waals surface area contributed by atoms with E-state index in [-0.39, 0.29) is 11.4 Å². The number of ether oxygens (including phenoxy) is 1. The number of hydrogen-bond acceptors (Lipinski definition) is 4. The van der Waals surface area contributed by atoms with Crippen molar-refractivity contribution in [3.8, 4) is 5.75 Å². The zero-order valence-electron chi connectivity index (χ0n) is 10.5. The van der Waals surface area contributed by atoms with Gasteiger partial charge in [0.1, 0.15) is 18.1 Å². The molecule has 1 heterocycles. The molecule has 0 saturated carbocycles. The van der Waals surface area contributed by atoms with Crippen LogP contribution in [0, 0.1) is 0 Å². The van der Waals surface area contributed by atoms with Gasteiger partial charge in [0.05, 0.1) is 0 Å². The van der Waals surface area contributed by atoms with Crippen LogP contribution in [-0.4, -0.2) is 30.1 Å². The number of nitrogens with two attached hydrogens (primary N) is 1. The van der Waals surface area contributed by atoms with Gasteiger partial charge >= 0.3 is 0 Å². The molecule has 0 radical (unpaired) electrons. The van der Waals surface area contributed by atoms with Crippen LogP contribution in [0.5, 0.6) is 5.75 Å². The summed E-state index contributed by atoms with van der Waals surface area (Å²) in [5, 5.41) is 2.51. The van der Waals surface area contributed by atoms with E-state index in [9.17, 15) is 4.79 Å². The molecule has 94 valence electrons. The topological polar surface area (TPSA) is 77.2 Å². The second-order valence-electron chi connectivity index (χ2n) is 4.25. The van der Waals surface area contributed by atoms with E-state index in [1.54, 1.807) is 25.4 Å². The maximum Gasteiger partial charge on any atom is 0.269 e. The summed E-state index contributed by atoms with van der Waals surface area (Å²) in [6.07, 6.45) is 2.36. The molecule has 0 fully saturated rings. The Hall–Kier alpha value is -1.62. The summed E-state index contributed by atoms with van der Waals surface area (Å²) in [6.45, 7) is 4.33. The van der Waals surface area contributed by atoms with Crippen LogP contribution in [0.4, 0.5) is 0 Å². The molecule has 5 heteroatoms. The van der Waals surface area contributed by atoms with E-state index in [4.69, 9.17) is 10.5 Å². The van der Waals surface area contributed by atoms with Crippen LogP contribution in [0.15, 0.2) is 18.3 Å². The zero-order chi connectivity index (χ0) is 12.9. The summed E-state index contributed by atoms with van der Waals surface area (Å²) in [5.41, 5.74) is 5.94. The Morgan fingerprint density at radius 1 is 1.65 bits per heavy atom. The fourth-order valence-corrected chi connectivity index (χ4v) is 1.10. The first-order valence-corrected chi connectivity index (χ1v) is 5.58. The maximum absolute atomic E-state index is 11.4. The first kappa shape index (κ1) is 13.4. The highest BCUT2D eigenvalue weighted by Crippen LogP contribution is 2.14. The molecule has 5 nitrogen and oxygen atoms in total. The summed E-state index contributed by atoms with van der Waals surface area (Å²) < 4.78 is 5.55. The second kappa shape index (κ2) is 5.63. The summed E-state index contributed by atoms with van der Waals surface area (Å²) >= 11 is 0. The van der Waals surface area contributed by atoms with Crippen LogP contribution in [-0.2, 0) is 0 Å². The van der Waals surface area contributed by atoms with E-state index in [0.717, 1.165) is 6.42 Å². The van der Waals surface area contributed by atoms with Gasteiger partial charge in [-0.25, -0.2) is 0 Å². The summed E-state index contributed by atoms with van der Waals surface area (Å²) in [5.74, 6) is 0.366. The molecule has 0 bridgehead atoms. The van der Waals surface area contributed by atoms with Gasteiger partial charge in [-0.15, -0.1) is 0 Å². The molecule has 0 aliphatic heterocycles. The van der Waals surface area contributed by atoms with Crippen molar-refractivity contribution in [3.63, 3.8) is 0 Å². The molecular formula is C12H19N3O2. The lowest BCUT2D eigenvalue weighted by molar-refractivity contribution is 0.0957. The Morgan fingerprint density at radius 2 is 2.35 bits per heavy atom. The summed E-state index contributed by atoms with van der Waals surface area (Å²) in [6, 6.07) is 3.31. The Balaban J connectivity index is 2.70. The maximum atomic E-state index is 11.4. The number of carbonyl (C=O) groups is 1. The van der Waals surface area contributed by atoms with E-state index >= 15 is 0 Å². The number of rotatable bonds is 5. The van der Waals surface area contributed by atoms with E-state index in [2.05, 4.69) is 10.3 Å². The molecule has 1 amide bonds. The Labute approximate surface area is 101 Å². The van der Waals surface area contributed by atoms with Gasteiger partial charge in [0, 0.05) is 24.8 Å². The van der Waals surface area contributed by atoms with Gasteiger partial charge in [0.2, 0.25) is 0 Å². The number of hydrogen-bond donors (Lipinski definition) is 2. The van der Waals surface area contributed by atoms with Crippen molar-refractivity contribution in [2.45, 2.75) is 25.8 Å². The van der Waals surface area contributed by atoms with Crippen molar-refractivity contribution in [3.05, 3.63) is 24.0 Å². The largest absolute Gasteiger partial charge is 0.492 e. The average molecular weight is 237 g/mol.